The summed E-state index contributed by atoms with van der Waals surface area (Å²) in [6.07, 6.45) is 1.74. The molecule has 0 atom stereocenters. The lowest BCUT2D eigenvalue weighted by atomic mass is 9.86. The van der Waals surface area contributed by atoms with Crippen molar-refractivity contribution in [2.45, 2.75) is 33.1 Å². The molecule has 0 radical (unpaired) electrons. The summed E-state index contributed by atoms with van der Waals surface area (Å²) >= 11 is 0. The average Bonchev–Trinajstić information content (AvgIpc) is 2.88. The van der Waals surface area contributed by atoms with Crippen LogP contribution in [0.2, 0.25) is 0 Å². The molecule has 0 fully saturated rings. The summed E-state index contributed by atoms with van der Waals surface area (Å²) in [5.74, 6) is 1.02. The number of ketones is 2. The lowest BCUT2D eigenvalue weighted by Crippen LogP contribution is -2.10. The Morgan fingerprint density at radius 1 is 1.12 bits per heavy atom. The molecule has 0 spiro atoms. The van der Waals surface area contributed by atoms with Crippen molar-refractivity contribution in [2.75, 3.05) is 6.61 Å². The maximum atomic E-state index is 12.5. The second-order valence-electron chi connectivity index (χ2n) is 7.46. The lowest BCUT2D eigenvalue weighted by Gasteiger charge is -2.18. The first-order chi connectivity index (χ1) is 12.2. The van der Waals surface area contributed by atoms with Crippen molar-refractivity contribution >= 4 is 17.6 Å². The monoisotopic (exact) mass is 350 g/mol. The molecular weight excluding hydrogens is 328 g/mol. The first-order valence-electron chi connectivity index (χ1n) is 8.55. The van der Waals surface area contributed by atoms with Crippen LogP contribution in [-0.4, -0.2) is 18.2 Å². The molecule has 1 aliphatic heterocycles. The molecule has 4 heteroatoms. The summed E-state index contributed by atoms with van der Waals surface area (Å²) in [6, 6.07) is 13.1. The van der Waals surface area contributed by atoms with Crippen molar-refractivity contribution in [3.63, 3.8) is 0 Å². The van der Waals surface area contributed by atoms with E-state index >= 15 is 0 Å². The summed E-state index contributed by atoms with van der Waals surface area (Å²) in [5, 5.41) is 0. The van der Waals surface area contributed by atoms with Crippen LogP contribution < -0.4 is 9.47 Å². The highest BCUT2D eigenvalue weighted by Gasteiger charge is 2.27. The van der Waals surface area contributed by atoms with Gasteiger partial charge in [0.2, 0.25) is 5.78 Å². The SMILES string of the molecule is CC(=O)COc1ccc2c(c1)O/C(=C\c1ccc(C(C)(C)C)cc1)C2=O. The standard InChI is InChI=1S/C22H22O4/c1-14(23)13-25-17-9-10-18-19(12-17)26-20(21(18)24)11-15-5-7-16(8-6-15)22(2,3)4/h5-12H,13H2,1-4H3/b20-11-. The van der Waals surface area contributed by atoms with Crippen molar-refractivity contribution in [1.29, 1.82) is 0 Å². The predicted octanol–water partition coefficient (Wildman–Crippen LogP) is 4.57. The summed E-state index contributed by atoms with van der Waals surface area (Å²) in [6.45, 7) is 7.93. The van der Waals surface area contributed by atoms with E-state index in [9.17, 15) is 9.59 Å². The number of benzene rings is 2. The molecule has 0 aliphatic carbocycles. The molecular formula is C22H22O4. The van der Waals surface area contributed by atoms with Gasteiger partial charge in [-0.25, -0.2) is 0 Å². The number of Topliss-reactive ketones (excluding diaryl/α,β-unsaturated/α-hetero) is 2. The number of hydrogen-bond donors (Lipinski definition) is 0. The summed E-state index contributed by atoms with van der Waals surface area (Å²) in [5.41, 5.74) is 2.71. The summed E-state index contributed by atoms with van der Waals surface area (Å²) < 4.78 is 11.1. The molecule has 1 aliphatic rings. The lowest BCUT2D eigenvalue weighted by molar-refractivity contribution is -0.118. The third-order valence-corrected chi connectivity index (χ3v) is 4.16. The molecule has 4 nitrogen and oxygen atoms in total. The number of fused-ring (bicyclic) bond motifs is 1. The van der Waals surface area contributed by atoms with Crippen LogP contribution in [0.1, 0.15) is 49.2 Å². The van der Waals surface area contributed by atoms with E-state index in [1.807, 2.05) is 12.1 Å². The Bertz CT molecular complexity index is 883. The number of hydrogen-bond acceptors (Lipinski definition) is 4. The van der Waals surface area contributed by atoms with E-state index in [0.29, 0.717) is 17.1 Å². The molecule has 1 heterocycles. The molecule has 0 bridgehead atoms. The normalized spacial score (nSPS) is 14.9. The van der Waals surface area contributed by atoms with Crippen molar-refractivity contribution in [1.82, 2.24) is 0 Å². The summed E-state index contributed by atoms with van der Waals surface area (Å²) in [7, 11) is 0. The first-order valence-corrected chi connectivity index (χ1v) is 8.55. The van der Waals surface area contributed by atoms with Crippen molar-refractivity contribution in [3.05, 3.63) is 64.9 Å². The van der Waals surface area contributed by atoms with Gasteiger partial charge in [0, 0.05) is 6.07 Å². The van der Waals surface area contributed by atoms with Crippen LogP contribution in [-0.2, 0) is 10.2 Å². The smallest absolute Gasteiger partial charge is 0.231 e. The van der Waals surface area contributed by atoms with Crippen molar-refractivity contribution in [2.24, 2.45) is 0 Å². The predicted molar refractivity (Wildman–Crippen MR) is 101 cm³/mol. The van der Waals surface area contributed by atoms with Gasteiger partial charge in [-0.15, -0.1) is 0 Å². The fourth-order valence-corrected chi connectivity index (χ4v) is 2.67. The van der Waals surface area contributed by atoms with E-state index in [0.717, 1.165) is 5.56 Å². The molecule has 3 rings (SSSR count). The van der Waals surface area contributed by atoms with Gasteiger partial charge >= 0.3 is 0 Å². The van der Waals surface area contributed by atoms with Crippen LogP contribution in [0.15, 0.2) is 48.2 Å². The quantitative estimate of drug-likeness (QED) is 0.758. The number of rotatable bonds is 4. The highest BCUT2D eigenvalue weighted by atomic mass is 16.5. The number of carbonyl (C=O) groups is 2. The van der Waals surface area contributed by atoms with Gasteiger partial charge in [-0.05, 0) is 41.7 Å². The van der Waals surface area contributed by atoms with Gasteiger partial charge in [0.15, 0.2) is 11.5 Å². The maximum absolute atomic E-state index is 12.5. The Balaban J connectivity index is 1.80. The maximum Gasteiger partial charge on any atom is 0.231 e. The number of allylic oxidation sites excluding steroid dienone is 1. The van der Waals surface area contributed by atoms with Gasteiger partial charge in [0.25, 0.3) is 0 Å². The molecule has 0 unspecified atom stereocenters. The minimum Gasteiger partial charge on any atom is -0.486 e. The van der Waals surface area contributed by atoms with Crippen LogP contribution in [0, 0.1) is 0 Å². The Kier molecular flexibility index (Phi) is 4.68. The largest absolute Gasteiger partial charge is 0.486 e. The third kappa shape index (κ3) is 3.85. The zero-order chi connectivity index (χ0) is 18.9. The molecule has 0 amide bonds. The molecule has 2 aromatic carbocycles. The van der Waals surface area contributed by atoms with E-state index in [4.69, 9.17) is 9.47 Å². The zero-order valence-corrected chi connectivity index (χ0v) is 15.5. The van der Waals surface area contributed by atoms with E-state index in [1.54, 1.807) is 24.3 Å². The van der Waals surface area contributed by atoms with Crippen molar-refractivity contribution < 1.29 is 19.1 Å². The fourth-order valence-electron chi connectivity index (χ4n) is 2.67. The van der Waals surface area contributed by atoms with Gasteiger partial charge in [0.1, 0.15) is 18.1 Å². The molecule has 2 aromatic rings. The first kappa shape index (κ1) is 17.9. The van der Waals surface area contributed by atoms with Gasteiger partial charge in [-0.2, -0.15) is 0 Å². The van der Waals surface area contributed by atoms with E-state index < -0.39 is 0 Å². The summed E-state index contributed by atoms with van der Waals surface area (Å²) in [4.78, 5) is 23.5. The van der Waals surface area contributed by atoms with Gasteiger partial charge in [0.05, 0.1) is 5.56 Å². The Morgan fingerprint density at radius 3 is 2.42 bits per heavy atom. The van der Waals surface area contributed by atoms with E-state index in [2.05, 4.69) is 32.9 Å². The fraction of sp³-hybridized carbons (Fsp3) is 0.273. The van der Waals surface area contributed by atoms with Crippen LogP contribution in [0.5, 0.6) is 11.5 Å². The number of ether oxygens (including phenoxy) is 2. The highest BCUT2D eigenvalue weighted by molar-refractivity contribution is 6.14. The van der Waals surface area contributed by atoms with Crippen LogP contribution >= 0.6 is 0 Å². The highest BCUT2D eigenvalue weighted by Crippen LogP contribution is 2.35. The molecule has 134 valence electrons. The second-order valence-corrected chi connectivity index (χ2v) is 7.46. The van der Waals surface area contributed by atoms with Gasteiger partial charge < -0.3 is 9.47 Å². The molecule has 0 saturated heterocycles. The topological polar surface area (TPSA) is 52.6 Å². The van der Waals surface area contributed by atoms with E-state index in [-0.39, 0.29) is 29.3 Å². The van der Waals surface area contributed by atoms with Crippen LogP contribution in [0.4, 0.5) is 0 Å². The molecule has 0 N–H and O–H groups in total. The van der Waals surface area contributed by atoms with Gasteiger partial charge in [-0.3, -0.25) is 9.59 Å². The Hall–Kier alpha value is -2.88. The Labute approximate surface area is 153 Å². The number of carbonyl (C=O) groups excluding carboxylic acids is 2. The second kappa shape index (κ2) is 6.79. The van der Waals surface area contributed by atoms with Crippen LogP contribution in [0.25, 0.3) is 6.08 Å². The Morgan fingerprint density at radius 2 is 1.81 bits per heavy atom. The molecule has 0 aromatic heterocycles. The van der Waals surface area contributed by atoms with Crippen molar-refractivity contribution in [3.8, 4) is 11.5 Å². The average molecular weight is 350 g/mol. The zero-order valence-electron chi connectivity index (χ0n) is 15.5. The van der Waals surface area contributed by atoms with Crippen LogP contribution in [0.3, 0.4) is 0 Å². The third-order valence-electron chi connectivity index (χ3n) is 4.16. The van der Waals surface area contributed by atoms with E-state index in [1.165, 1.54) is 12.5 Å². The minimum atomic E-state index is -0.155. The van der Waals surface area contributed by atoms with Gasteiger partial charge in [-0.1, -0.05) is 45.0 Å². The molecule has 0 saturated carbocycles. The molecule has 26 heavy (non-hydrogen) atoms. The minimum absolute atomic E-state index is 0.00441.